The Kier molecular flexibility index (Phi) is 5.14. The number of carbonyl (C=O) groups excluding carboxylic acids is 3. The second-order valence-corrected chi connectivity index (χ2v) is 6.67. The molecule has 140 valence electrons. The summed E-state index contributed by atoms with van der Waals surface area (Å²) in [6.45, 7) is 3.08. The molecule has 0 spiro atoms. The van der Waals surface area contributed by atoms with Crippen LogP contribution in [-0.2, 0) is 9.59 Å². The van der Waals surface area contributed by atoms with Crippen molar-refractivity contribution in [2.45, 2.75) is 19.9 Å². The van der Waals surface area contributed by atoms with Crippen LogP contribution in [0.1, 0.15) is 12.5 Å². The van der Waals surface area contributed by atoms with Gasteiger partial charge in [0, 0.05) is 11.4 Å². The fourth-order valence-corrected chi connectivity index (χ4v) is 3.01. The van der Waals surface area contributed by atoms with Gasteiger partial charge in [0.1, 0.15) is 18.4 Å². The van der Waals surface area contributed by atoms with Gasteiger partial charge >= 0.3 is 6.03 Å². The molecule has 0 aliphatic carbocycles. The topological polar surface area (TPSA) is 69.7 Å². The number of aryl methyl sites for hydroxylation is 1. The van der Waals surface area contributed by atoms with Gasteiger partial charge in [-0.05, 0) is 44.2 Å². The van der Waals surface area contributed by atoms with Crippen LogP contribution in [0.4, 0.5) is 20.6 Å². The minimum Gasteiger partial charge on any atom is -0.324 e. The van der Waals surface area contributed by atoms with Gasteiger partial charge in [-0.25, -0.2) is 9.18 Å². The number of hydrogen-bond acceptors (Lipinski definition) is 3. The number of carbonyl (C=O) groups is 3. The fourth-order valence-electron chi connectivity index (χ4n) is 2.83. The van der Waals surface area contributed by atoms with Gasteiger partial charge in [0.15, 0.2) is 0 Å². The number of halogens is 2. The molecule has 0 unspecified atom stereocenters. The Morgan fingerprint density at radius 2 is 1.85 bits per heavy atom. The molecule has 1 atom stereocenters. The van der Waals surface area contributed by atoms with E-state index in [0.717, 1.165) is 16.5 Å². The lowest BCUT2D eigenvalue weighted by Gasteiger charge is -2.19. The SMILES string of the molecule is Cc1ccc(N2C(=O)N(CC(=O)Nc3ccc(F)c(Cl)c3)C(=O)[C@H]2C)cc1. The van der Waals surface area contributed by atoms with Crippen LogP contribution in [0.25, 0.3) is 0 Å². The maximum atomic E-state index is 13.2. The molecule has 4 amide bonds. The Morgan fingerprint density at radius 3 is 2.48 bits per heavy atom. The molecule has 6 nitrogen and oxygen atoms in total. The van der Waals surface area contributed by atoms with E-state index in [2.05, 4.69) is 5.32 Å². The largest absolute Gasteiger partial charge is 0.332 e. The van der Waals surface area contributed by atoms with E-state index in [9.17, 15) is 18.8 Å². The zero-order valence-corrected chi connectivity index (χ0v) is 15.5. The van der Waals surface area contributed by atoms with Crippen LogP contribution in [0.15, 0.2) is 42.5 Å². The molecule has 2 aromatic rings. The second kappa shape index (κ2) is 7.36. The number of rotatable bonds is 4. The average Bonchev–Trinajstić information content (AvgIpc) is 2.83. The third-order valence-electron chi connectivity index (χ3n) is 4.26. The summed E-state index contributed by atoms with van der Waals surface area (Å²) >= 11 is 5.68. The van der Waals surface area contributed by atoms with Crippen molar-refractivity contribution in [1.82, 2.24) is 4.90 Å². The van der Waals surface area contributed by atoms with E-state index in [1.54, 1.807) is 19.1 Å². The number of urea groups is 1. The zero-order chi connectivity index (χ0) is 19.7. The van der Waals surface area contributed by atoms with Crippen LogP contribution in [0.2, 0.25) is 5.02 Å². The van der Waals surface area contributed by atoms with Crippen molar-refractivity contribution in [1.29, 1.82) is 0 Å². The van der Waals surface area contributed by atoms with Gasteiger partial charge in [0.2, 0.25) is 5.91 Å². The highest BCUT2D eigenvalue weighted by Crippen LogP contribution is 2.26. The minimum atomic E-state index is -0.715. The summed E-state index contributed by atoms with van der Waals surface area (Å²) in [6.07, 6.45) is 0. The molecule has 1 fully saturated rings. The fraction of sp³-hybridized carbons (Fsp3) is 0.211. The van der Waals surface area contributed by atoms with Crippen molar-refractivity contribution in [3.05, 3.63) is 58.9 Å². The molecule has 0 aromatic heterocycles. The third kappa shape index (κ3) is 3.78. The van der Waals surface area contributed by atoms with Gasteiger partial charge in [-0.1, -0.05) is 29.3 Å². The number of hydrogen-bond donors (Lipinski definition) is 1. The predicted molar refractivity (Wildman–Crippen MR) is 100 cm³/mol. The van der Waals surface area contributed by atoms with Gasteiger partial charge in [0.05, 0.1) is 5.02 Å². The molecule has 1 aliphatic heterocycles. The molecule has 27 heavy (non-hydrogen) atoms. The van der Waals surface area contributed by atoms with Crippen LogP contribution < -0.4 is 10.2 Å². The van der Waals surface area contributed by atoms with E-state index in [1.807, 2.05) is 19.1 Å². The highest BCUT2D eigenvalue weighted by Gasteiger charge is 2.44. The quantitative estimate of drug-likeness (QED) is 0.812. The monoisotopic (exact) mass is 389 g/mol. The van der Waals surface area contributed by atoms with E-state index in [0.29, 0.717) is 5.69 Å². The molecular weight excluding hydrogens is 373 g/mol. The van der Waals surface area contributed by atoms with Crippen molar-refractivity contribution in [2.24, 2.45) is 0 Å². The molecule has 1 aliphatic rings. The summed E-state index contributed by atoms with van der Waals surface area (Å²) in [7, 11) is 0. The molecular formula is C19H17ClFN3O3. The Hall–Kier alpha value is -2.93. The number of amides is 4. The second-order valence-electron chi connectivity index (χ2n) is 6.27. The van der Waals surface area contributed by atoms with Crippen molar-refractivity contribution in [3.63, 3.8) is 0 Å². The summed E-state index contributed by atoms with van der Waals surface area (Å²) in [6, 6.07) is 9.61. The maximum absolute atomic E-state index is 13.2. The normalized spacial score (nSPS) is 16.8. The zero-order valence-electron chi connectivity index (χ0n) is 14.7. The lowest BCUT2D eigenvalue weighted by Crippen LogP contribution is -2.39. The van der Waals surface area contributed by atoms with Gasteiger partial charge in [0.25, 0.3) is 5.91 Å². The first-order valence-corrected chi connectivity index (χ1v) is 8.62. The average molecular weight is 390 g/mol. The Bertz CT molecular complexity index is 917. The van der Waals surface area contributed by atoms with E-state index in [-0.39, 0.29) is 10.7 Å². The Morgan fingerprint density at radius 1 is 1.19 bits per heavy atom. The molecule has 0 radical (unpaired) electrons. The Balaban J connectivity index is 1.73. The first kappa shape index (κ1) is 18.8. The van der Waals surface area contributed by atoms with Crippen LogP contribution in [0.3, 0.4) is 0 Å². The number of imide groups is 1. The number of nitrogens with zero attached hydrogens (tertiary/aromatic N) is 2. The number of anilines is 2. The van der Waals surface area contributed by atoms with E-state index >= 15 is 0 Å². The molecule has 1 heterocycles. The predicted octanol–water partition coefficient (Wildman–Crippen LogP) is 3.58. The van der Waals surface area contributed by atoms with E-state index < -0.39 is 36.2 Å². The molecule has 3 rings (SSSR count). The van der Waals surface area contributed by atoms with Crippen molar-refractivity contribution < 1.29 is 18.8 Å². The summed E-state index contributed by atoms with van der Waals surface area (Å²) in [5.74, 6) is -1.66. The van der Waals surface area contributed by atoms with Gasteiger partial charge in [-0.2, -0.15) is 0 Å². The molecule has 0 saturated carbocycles. The first-order valence-electron chi connectivity index (χ1n) is 8.24. The summed E-state index contributed by atoms with van der Waals surface area (Å²) < 4.78 is 13.2. The van der Waals surface area contributed by atoms with Gasteiger partial charge in [-0.15, -0.1) is 0 Å². The van der Waals surface area contributed by atoms with Crippen LogP contribution in [0.5, 0.6) is 0 Å². The maximum Gasteiger partial charge on any atom is 0.332 e. The summed E-state index contributed by atoms with van der Waals surface area (Å²) in [4.78, 5) is 39.6. The molecule has 1 N–H and O–H groups in total. The van der Waals surface area contributed by atoms with E-state index in [1.165, 1.54) is 17.0 Å². The van der Waals surface area contributed by atoms with Crippen molar-refractivity contribution in [3.8, 4) is 0 Å². The molecule has 8 heteroatoms. The number of benzene rings is 2. The minimum absolute atomic E-state index is 0.139. The highest BCUT2D eigenvalue weighted by atomic mass is 35.5. The third-order valence-corrected chi connectivity index (χ3v) is 4.55. The van der Waals surface area contributed by atoms with Crippen molar-refractivity contribution >= 4 is 40.8 Å². The smallest absolute Gasteiger partial charge is 0.324 e. The van der Waals surface area contributed by atoms with Crippen LogP contribution >= 0.6 is 11.6 Å². The number of nitrogens with one attached hydrogen (secondary N) is 1. The molecule has 0 bridgehead atoms. The van der Waals surface area contributed by atoms with Gasteiger partial charge < -0.3 is 5.32 Å². The highest BCUT2D eigenvalue weighted by molar-refractivity contribution is 6.31. The standard InChI is InChI=1S/C19H17ClFN3O3/c1-11-3-6-14(7-4-11)24-12(2)18(26)23(19(24)27)10-17(25)22-13-5-8-16(21)15(20)9-13/h3-9,12H,10H2,1-2H3,(H,22,25)/t12-/m1/s1. The lowest BCUT2D eigenvalue weighted by atomic mass is 10.2. The Labute approximate surface area is 160 Å². The van der Waals surface area contributed by atoms with Gasteiger partial charge in [-0.3, -0.25) is 19.4 Å². The summed E-state index contributed by atoms with van der Waals surface area (Å²) in [5, 5.41) is 2.36. The summed E-state index contributed by atoms with van der Waals surface area (Å²) in [5.41, 5.74) is 1.88. The van der Waals surface area contributed by atoms with Crippen molar-refractivity contribution in [2.75, 3.05) is 16.8 Å². The first-order chi connectivity index (χ1) is 12.8. The lowest BCUT2D eigenvalue weighted by molar-refractivity contribution is -0.130. The molecule has 1 saturated heterocycles. The van der Waals surface area contributed by atoms with E-state index in [4.69, 9.17) is 11.6 Å². The van der Waals surface area contributed by atoms with Crippen LogP contribution in [-0.4, -0.2) is 35.3 Å². The molecule has 2 aromatic carbocycles. The van der Waals surface area contributed by atoms with Crippen LogP contribution in [0, 0.1) is 12.7 Å².